The summed E-state index contributed by atoms with van der Waals surface area (Å²) in [5.74, 6) is -0.121. The number of amides is 1. The molecule has 2 aromatic carbocycles. The van der Waals surface area contributed by atoms with Crippen molar-refractivity contribution in [2.75, 3.05) is 18.0 Å². The molecule has 0 atom stereocenters. The zero-order valence-corrected chi connectivity index (χ0v) is 16.8. The Morgan fingerprint density at radius 2 is 1.73 bits per heavy atom. The summed E-state index contributed by atoms with van der Waals surface area (Å²) in [7, 11) is -3.62. The first kappa shape index (κ1) is 20.1. The molecule has 0 unspecified atom stereocenters. The van der Waals surface area contributed by atoms with E-state index in [0.29, 0.717) is 5.56 Å². The van der Waals surface area contributed by atoms with Crippen LogP contribution in [0.1, 0.15) is 29.2 Å². The van der Waals surface area contributed by atoms with Gasteiger partial charge in [-0.2, -0.15) is 0 Å². The Labute approximate surface area is 156 Å². The van der Waals surface area contributed by atoms with Gasteiger partial charge in [0.2, 0.25) is 15.9 Å². The minimum atomic E-state index is -3.62. The summed E-state index contributed by atoms with van der Waals surface area (Å²) in [6, 6.07) is 11.1. The summed E-state index contributed by atoms with van der Waals surface area (Å²) < 4.78 is 27.8. The number of aryl methyl sites for hydroxylation is 3. The Hall–Kier alpha value is -2.18. The highest BCUT2D eigenvalue weighted by molar-refractivity contribution is 7.89. The number of nitrogens with zero attached hydrogens (tertiary/aromatic N) is 1. The first-order chi connectivity index (χ1) is 12.1. The molecule has 2 aromatic rings. The Kier molecular flexibility index (Phi) is 6.21. The number of sulfonamides is 1. The molecule has 1 N–H and O–H groups in total. The van der Waals surface area contributed by atoms with Gasteiger partial charge in [-0.05, 0) is 62.1 Å². The van der Waals surface area contributed by atoms with Crippen LogP contribution in [0.15, 0.2) is 41.3 Å². The van der Waals surface area contributed by atoms with Gasteiger partial charge in [0.15, 0.2) is 0 Å². The predicted octanol–water partition coefficient (Wildman–Crippen LogP) is 3.25. The van der Waals surface area contributed by atoms with Gasteiger partial charge < -0.3 is 4.90 Å². The first-order valence-electron chi connectivity index (χ1n) is 8.54. The molecule has 5 nitrogen and oxygen atoms in total. The van der Waals surface area contributed by atoms with Gasteiger partial charge in [-0.3, -0.25) is 4.79 Å². The van der Waals surface area contributed by atoms with Gasteiger partial charge in [0, 0.05) is 25.7 Å². The van der Waals surface area contributed by atoms with Crippen LogP contribution in [-0.2, 0) is 14.8 Å². The summed E-state index contributed by atoms with van der Waals surface area (Å²) in [5, 5.41) is 0. The van der Waals surface area contributed by atoms with Crippen molar-refractivity contribution in [2.24, 2.45) is 0 Å². The van der Waals surface area contributed by atoms with Crippen molar-refractivity contribution in [3.8, 4) is 0 Å². The van der Waals surface area contributed by atoms with Crippen molar-refractivity contribution in [2.45, 2.75) is 39.5 Å². The molecule has 0 radical (unpaired) electrons. The minimum Gasteiger partial charge on any atom is -0.311 e. The fourth-order valence-electron chi connectivity index (χ4n) is 2.84. The lowest BCUT2D eigenvalue weighted by Crippen LogP contribution is -2.38. The minimum absolute atomic E-state index is 0.121. The molecule has 1 amide bonds. The van der Waals surface area contributed by atoms with E-state index in [-0.39, 0.29) is 23.9 Å². The molecule has 0 saturated carbocycles. The van der Waals surface area contributed by atoms with Crippen LogP contribution in [0.5, 0.6) is 0 Å². The molecule has 6 heteroatoms. The van der Waals surface area contributed by atoms with E-state index in [4.69, 9.17) is 0 Å². The second-order valence-corrected chi connectivity index (χ2v) is 8.29. The molecule has 0 saturated heterocycles. The third-order valence-electron chi connectivity index (χ3n) is 4.51. The van der Waals surface area contributed by atoms with Gasteiger partial charge in [0.05, 0.1) is 4.90 Å². The highest BCUT2D eigenvalue weighted by Crippen LogP contribution is 2.23. The molecule has 0 heterocycles. The molecule has 26 heavy (non-hydrogen) atoms. The lowest BCUT2D eigenvalue weighted by atomic mass is 10.1. The fraction of sp³-hybridized carbons (Fsp3) is 0.350. The Morgan fingerprint density at radius 3 is 2.38 bits per heavy atom. The maximum atomic E-state index is 12.6. The van der Waals surface area contributed by atoms with Crippen molar-refractivity contribution >= 4 is 21.6 Å². The quantitative estimate of drug-likeness (QED) is 0.844. The van der Waals surface area contributed by atoms with Crippen molar-refractivity contribution in [1.82, 2.24) is 4.72 Å². The van der Waals surface area contributed by atoms with Crippen LogP contribution in [-0.4, -0.2) is 27.4 Å². The fourth-order valence-corrected chi connectivity index (χ4v) is 4.19. The second kappa shape index (κ2) is 8.01. The zero-order valence-electron chi connectivity index (χ0n) is 16.0. The van der Waals surface area contributed by atoms with E-state index in [9.17, 15) is 13.2 Å². The first-order valence-corrected chi connectivity index (χ1v) is 10.0. The molecule has 0 aliphatic carbocycles. The van der Waals surface area contributed by atoms with Crippen LogP contribution >= 0.6 is 0 Å². The third-order valence-corrected chi connectivity index (χ3v) is 6.11. The van der Waals surface area contributed by atoms with Crippen molar-refractivity contribution in [3.05, 3.63) is 58.7 Å². The molecule has 0 aliphatic rings. The standard InChI is InChI=1S/C20H26N2O3S/c1-14-9-10-16(3)20(13-14)26(24,25)21-11-12-22(18(5)23)19-8-6-7-15(2)17(19)4/h6-10,13,21H,11-12H2,1-5H3. The van der Waals surface area contributed by atoms with Crippen LogP contribution in [0.25, 0.3) is 0 Å². The maximum Gasteiger partial charge on any atom is 0.240 e. The van der Waals surface area contributed by atoms with Gasteiger partial charge in [-0.15, -0.1) is 0 Å². The third kappa shape index (κ3) is 4.51. The number of nitrogens with one attached hydrogen (secondary N) is 1. The SMILES string of the molecule is CC(=O)N(CCNS(=O)(=O)c1cc(C)ccc1C)c1cccc(C)c1C. The zero-order chi connectivity index (χ0) is 19.5. The number of anilines is 1. The van der Waals surface area contributed by atoms with Gasteiger partial charge >= 0.3 is 0 Å². The largest absolute Gasteiger partial charge is 0.311 e. The van der Waals surface area contributed by atoms with Crippen molar-refractivity contribution < 1.29 is 13.2 Å². The van der Waals surface area contributed by atoms with Gasteiger partial charge in [-0.25, -0.2) is 13.1 Å². The number of carbonyl (C=O) groups excluding carboxylic acids is 1. The van der Waals surface area contributed by atoms with E-state index in [1.165, 1.54) is 6.92 Å². The lowest BCUT2D eigenvalue weighted by Gasteiger charge is -2.24. The van der Waals surface area contributed by atoms with E-state index < -0.39 is 10.0 Å². The lowest BCUT2D eigenvalue weighted by molar-refractivity contribution is -0.116. The van der Waals surface area contributed by atoms with Gasteiger partial charge in [0.1, 0.15) is 0 Å². The molecule has 0 fully saturated rings. The topological polar surface area (TPSA) is 66.5 Å². The van der Waals surface area contributed by atoms with E-state index in [2.05, 4.69) is 4.72 Å². The smallest absolute Gasteiger partial charge is 0.240 e. The average Bonchev–Trinajstić information content (AvgIpc) is 2.56. The van der Waals surface area contributed by atoms with Crippen LogP contribution in [0.2, 0.25) is 0 Å². The van der Waals surface area contributed by atoms with Crippen molar-refractivity contribution in [1.29, 1.82) is 0 Å². The van der Waals surface area contributed by atoms with E-state index in [1.807, 2.05) is 45.0 Å². The van der Waals surface area contributed by atoms with Crippen molar-refractivity contribution in [3.63, 3.8) is 0 Å². The highest BCUT2D eigenvalue weighted by Gasteiger charge is 2.19. The number of carbonyl (C=O) groups is 1. The molecule has 140 valence electrons. The monoisotopic (exact) mass is 374 g/mol. The number of hydrogen-bond acceptors (Lipinski definition) is 3. The van der Waals surface area contributed by atoms with E-state index in [1.54, 1.807) is 24.0 Å². The molecule has 0 aliphatic heterocycles. The highest BCUT2D eigenvalue weighted by atomic mass is 32.2. The summed E-state index contributed by atoms with van der Waals surface area (Å²) in [6.07, 6.45) is 0. The summed E-state index contributed by atoms with van der Waals surface area (Å²) in [4.78, 5) is 14.0. The normalized spacial score (nSPS) is 11.4. The number of rotatable bonds is 6. The average molecular weight is 375 g/mol. The van der Waals surface area contributed by atoms with Crippen LogP contribution < -0.4 is 9.62 Å². The molecule has 0 spiro atoms. The molecule has 2 rings (SSSR count). The number of hydrogen-bond donors (Lipinski definition) is 1. The van der Waals surface area contributed by atoms with Gasteiger partial charge in [-0.1, -0.05) is 24.3 Å². The summed E-state index contributed by atoms with van der Waals surface area (Å²) in [5.41, 5.74) is 4.49. The van der Waals surface area contributed by atoms with E-state index in [0.717, 1.165) is 22.4 Å². The van der Waals surface area contributed by atoms with Crippen LogP contribution in [0.3, 0.4) is 0 Å². The van der Waals surface area contributed by atoms with Crippen LogP contribution in [0.4, 0.5) is 5.69 Å². The Morgan fingerprint density at radius 1 is 1.04 bits per heavy atom. The Bertz CT molecular complexity index is 921. The Balaban J connectivity index is 2.16. The summed E-state index contributed by atoms with van der Waals surface area (Å²) in [6.45, 7) is 9.47. The van der Waals surface area contributed by atoms with Gasteiger partial charge in [0.25, 0.3) is 0 Å². The molecular weight excluding hydrogens is 348 g/mol. The predicted molar refractivity (Wildman–Crippen MR) is 105 cm³/mol. The molecule has 0 bridgehead atoms. The second-order valence-electron chi connectivity index (χ2n) is 6.56. The van der Waals surface area contributed by atoms with E-state index >= 15 is 0 Å². The summed E-state index contributed by atoms with van der Waals surface area (Å²) >= 11 is 0. The molecular formula is C20H26N2O3S. The molecule has 0 aromatic heterocycles. The number of benzene rings is 2. The van der Waals surface area contributed by atoms with Crippen LogP contribution in [0, 0.1) is 27.7 Å². The maximum absolute atomic E-state index is 12.6.